The third-order valence-electron chi connectivity index (χ3n) is 6.40. The molecule has 6 nitrogen and oxygen atoms in total. The third-order valence-corrected chi connectivity index (χ3v) is 6.40. The van der Waals surface area contributed by atoms with Crippen LogP contribution in [0.5, 0.6) is 0 Å². The number of amides is 1. The Morgan fingerprint density at radius 1 is 1.07 bits per heavy atom. The standard InChI is InChI=1S/C22H36N4O2/c1-22(2,3)19-13-21(28)26(16-23-19)14-17-9-11-25(12-10-17)15-18-7-5-6-8-20(27)24(18)4/h13,16-18H,5-12,14-15H2,1-4H3. The predicted octanol–water partition coefficient (Wildman–Crippen LogP) is 2.65. The van der Waals surface area contributed by atoms with E-state index in [0.717, 1.165) is 64.0 Å². The number of carbonyl (C=O) groups is 1. The minimum atomic E-state index is -0.101. The van der Waals surface area contributed by atoms with Gasteiger partial charge in [-0.1, -0.05) is 27.2 Å². The van der Waals surface area contributed by atoms with Crippen LogP contribution in [0.3, 0.4) is 0 Å². The van der Waals surface area contributed by atoms with E-state index < -0.39 is 0 Å². The highest BCUT2D eigenvalue weighted by Gasteiger charge is 2.27. The lowest BCUT2D eigenvalue weighted by atomic mass is 9.92. The lowest BCUT2D eigenvalue weighted by Crippen LogP contribution is -2.46. The summed E-state index contributed by atoms with van der Waals surface area (Å²) in [5.74, 6) is 0.813. The Hall–Kier alpha value is -1.69. The summed E-state index contributed by atoms with van der Waals surface area (Å²) in [5.41, 5.74) is 0.808. The predicted molar refractivity (Wildman–Crippen MR) is 111 cm³/mol. The Balaban J connectivity index is 1.52. The number of piperidine rings is 1. The molecule has 1 unspecified atom stereocenters. The van der Waals surface area contributed by atoms with Gasteiger partial charge in [-0.15, -0.1) is 0 Å². The molecule has 2 saturated heterocycles. The van der Waals surface area contributed by atoms with Gasteiger partial charge in [0.25, 0.3) is 5.56 Å². The van der Waals surface area contributed by atoms with E-state index in [1.54, 1.807) is 17.0 Å². The molecule has 156 valence electrons. The zero-order chi connectivity index (χ0) is 20.3. The smallest absolute Gasteiger partial charge is 0.253 e. The number of nitrogens with zero attached hydrogens (tertiary/aromatic N) is 4. The van der Waals surface area contributed by atoms with Crippen LogP contribution in [0.1, 0.15) is 65.0 Å². The Bertz CT molecular complexity index is 729. The highest BCUT2D eigenvalue weighted by molar-refractivity contribution is 5.76. The normalized spacial score (nSPS) is 23.1. The molecule has 0 aliphatic carbocycles. The summed E-state index contributed by atoms with van der Waals surface area (Å²) in [5, 5.41) is 0. The molecule has 28 heavy (non-hydrogen) atoms. The van der Waals surface area contributed by atoms with Gasteiger partial charge in [-0.2, -0.15) is 0 Å². The summed E-state index contributed by atoms with van der Waals surface area (Å²) >= 11 is 0. The SMILES string of the molecule is CN1C(=O)CCCCC1CN1CCC(Cn2cnc(C(C)(C)C)cc2=O)CC1. The summed E-state index contributed by atoms with van der Waals surface area (Å²) in [6, 6.07) is 2.04. The van der Waals surface area contributed by atoms with Gasteiger partial charge in [-0.3, -0.25) is 14.2 Å². The molecular formula is C22H36N4O2. The Labute approximate surface area is 168 Å². The van der Waals surface area contributed by atoms with Gasteiger partial charge in [0.15, 0.2) is 0 Å². The van der Waals surface area contributed by atoms with Crippen molar-refractivity contribution in [3.63, 3.8) is 0 Å². The Morgan fingerprint density at radius 2 is 1.79 bits per heavy atom. The van der Waals surface area contributed by atoms with Crippen molar-refractivity contribution < 1.29 is 4.79 Å². The van der Waals surface area contributed by atoms with Crippen LogP contribution in [-0.4, -0.2) is 58.0 Å². The summed E-state index contributed by atoms with van der Waals surface area (Å²) in [6.07, 6.45) is 7.91. The lowest BCUT2D eigenvalue weighted by Gasteiger charge is -2.36. The van der Waals surface area contributed by atoms with Crippen LogP contribution < -0.4 is 5.56 Å². The minimum absolute atomic E-state index is 0.0564. The molecule has 2 aliphatic rings. The molecule has 6 heteroatoms. The van der Waals surface area contributed by atoms with Crippen molar-refractivity contribution in [2.75, 3.05) is 26.7 Å². The fourth-order valence-corrected chi connectivity index (χ4v) is 4.34. The fraction of sp³-hybridized carbons (Fsp3) is 0.773. The topological polar surface area (TPSA) is 58.4 Å². The number of carbonyl (C=O) groups excluding carboxylic acids is 1. The highest BCUT2D eigenvalue weighted by Crippen LogP contribution is 2.23. The molecule has 2 fully saturated rings. The van der Waals surface area contributed by atoms with E-state index in [2.05, 4.69) is 30.7 Å². The van der Waals surface area contributed by atoms with Crippen LogP contribution in [0, 0.1) is 5.92 Å². The molecule has 1 atom stereocenters. The molecule has 1 amide bonds. The fourth-order valence-electron chi connectivity index (χ4n) is 4.34. The Morgan fingerprint density at radius 3 is 2.43 bits per heavy atom. The monoisotopic (exact) mass is 388 g/mol. The molecule has 0 radical (unpaired) electrons. The first-order valence-electron chi connectivity index (χ1n) is 10.8. The molecule has 0 aromatic carbocycles. The summed E-state index contributed by atoms with van der Waals surface area (Å²) in [4.78, 5) is 33.6. The largest absolute Gasteiger partial charge is 0.341 e. The molecule has 0 N–H and O–H groups in total. The molecule has 0 saturated carbocycles. The molecular weight excluding hydrogens is 352 g/mol. The second-order valence-electron chi connectivity index (χ2n) is 9.66. The van der Waals surface area contributed by atoms with Crippen LogP contribution in [0.25, 0.3) is 0 Å². The van der Waals surface area contributed by atoms with Crippen molar-refractivity contribution in [1.29, 1.82) is 0 Å². The molecule has 3 rings (SSSR count). The third kappa shape index (κ3) is 5.22. The highest BCUT2D eigenvalue weighted by atomic mass is 16.2. The van der Waals surface area contributed by atoms with Crippen LogP contribution in [0.4, 0.5) is 0 Å². The maximum Gasteiger partial charge on any atom is 0.253 e. The van der Waals surface area contributed by atoms with Crippen LogP contribution in [0.2, 0.25) is 0 Å². The second kappa shape index (κ2) is 8.76. The average Bonchev–Trinajstić information content (AvgIpc) is 2.80. The van der Waals surface area contributed by atoms with E-state index in [-0.39, 0.29) is 11.0 Å². The average molecular weight is 389 g/mol. The first-order chi connectivity index (χ1) is 13.2. The maximum atomic E-state index is 12.5. The van der Waals surface area contributed by atoms with E-state index in [9.17, 15) is 9.59 Å². The van der Waals surface area contributed by atoms with Gasteiger partial charge in [-0.25, -0.2) is 4.98 Å². The number of hydrogen-bond acceptors (Lipinski definition) is 4. The number of likely N-dealkylation sites (tertiary alicyclic amines) is 2. The Kier molecular flexibility index (Phi) is 6.58. The van der Waals surface area contributed by atoms with Gasteiger partial charge in [0.1, 0.15) is 0 Å². The maximum absolute atomic E-state index is 12.5. The summed E-state index contributed by atoms with van der Waals surface area (Å²) in [7, 11) is 1.96. The van der Waals surface area contributed by atoms with Crippen LogP contribution in [0.15, 0.2) is 17.2 Å². The van der Waals surface area contributed by atoms with Crippen molar-refractivity contribution in [1.82, 2.24) is 19.4 Å². The van der Waals surface area contributed by atoms with Crippen LogP contribution in [-0.2, 0) is 16.8 Å². The minimum Gasteiger partial charge on any atom is -0.341 e. The van der Waals surface area contributed by atoms with Crippen molar-refractivity contribution in [3.8, 4) is 0 Å². The van der Waals surface area contributed by atoms with Gasteiger partial charge < -0.3 is 9.80 Å². The van der Waals surface area contributed by atoms with Gasteiger partial charge in [0.2, 0.25) is 5.91 Å². The van der Waals surface area contributed by atoms with Gasteiger partial charge in [0.05, 0.1) is 12.0 Å². The molecule has 1 aromatic rings. The molecule has 0 spiro atoms. The van der Waals surface area contributed by atoms with E-state index in [1.165, 1.54) is 0 Å². The lowest BCUT2D eigenvalue weighted by molar-refractivity contribution is -0.131. The van der Waals surface area contributed by atoms with Gasteiger partial charge >= 0.3 is 0 Å². The van der Waals surface area contributed by atoms with E-state index >= 15 is 0 Å². The first kappa shape index (κ1) is 21.0. The van der Waals surface area contributed by atoms with Crippen molar-refractivity contribution in [2.45, 2.75) is 77.3 Å². The first-order valence-corrected chi connectivity index (χ1v) is 10.8. The van der Waals surface area contributed by atoms with E-state index in [0.29, 0.717) is 24.3 Å². The zero-order valence-electron chi connectivity index (χ0n) is 18.0. The number of hydrogen-bond donors (Lipinski definition) is 0. The molecule has 3 heterocycles. The van der Waals surface area contributed by atoms with E-state index in [4.69, 9.17) is 0 Å². The van der Waals surface area contributed by atoms with E-state index in [1.807, 2.05) is 11.9 Å². The van der Waals surface area contributed by atoms with Crippen LogP contribution >= 0.6 is 0 Å². The van der Waals surface area contributed by atoms with Gasteiger partial charge in [0, 0.05) is 44.1 Å². The van der Waals surface area contributed by atoms with Gasteiger partial charge in [-0.05, 0) is 44.7 Å². The van der Waals surface area contributed by atoms with Crippen molar-refractivity contribution in [3.05, 3.63) is 28.4 Å². The number of aromatic nitrogens is 2. The quantitative estimate of drug-likeness (QED) is 0.796. The molecule has 2 aliphatic heterocycles. The number of rotatable bonds is 4. The molecule has 1 aromatic heterocycles. The van der Waals surface area contributed by atoms with Crippen molar-refractivity contribution in [2.24, 2.45) is 5.92 Å². The summed E-state index contributed by atoms with van der Waals surface area (Å²) < 4.78 is 1.77. The second-order valence-corrected chi connectivity index (χ2v) is 9.66. The summed E-state index contributed by atoms with van der Waals surface area (Å²) in [6.45, 7) is 10.1. The zero-order valence-corrected chi connectivity index (χ0v) is 18.0. The van der Waals surface area contributed by atoms with Crippen molar-refractivity contribution >= 4 is 5.91 Å². The molecule has 0 bridgehead atoms. The number of likely N-dealkylation sites (N-methyl/N-ethyl adjacent to an activating group) is 1.